The van der Waals surface area contributed by atoms with Gasteiger partial charge in [-0.1, -0.05) is 36.4 Å². The molecule has 4 nitrogen and oxygen atoms in total. The number of carboxylic acid groups (broad SMARTS) is 1. The zero-order valence-corrected chi connectivity index (χ0v) is 14.3. The number of aromatic carboxylic acids is 1. The Morgan fingerprint density at radius 3 is 2.37 bits per heavy atom. The summed E-state index contributed by atoms with van der Waals surface area (Å²) in [6.45, 7) is 0. The molecular formula is C22H15FN2O2. The van der Waals surface area contributed by atoms with Gasteiger partial charge >= 0.3 is 5.97 Å². The molecule has 0 unspecified atom stereocenters. The molecule has 0 amide bonds. The van der Waals surface area contributed by atoms with Crippen molar-refractivity contribution in [3.05, 3.63) is 101 Å². The van der Waals surface area contributed by atoms with Crippen molar-refractivity contribution in [2.24, 2.45) is 4.99 Å². The van der Waals surface area contributed by atoms with Gasteiger partial charge in [0, 0.05) is 24.4 Å². The van der Waals surface area contributed by atoms with Gasteiger partial charge in [0.05, 0.1) is 17.0 Å². The lowest BCUT2D eigenvalue weighted by Crippen LogP contribution is -2.02. The Kier molecular flexibility index (Phi) is 4.34. The molecule has 27 heavy (non-hydrogen) atoms. The van der Waals surface area contributed by atoms with Crippen LogP contribution in [0.2, 0.25) is 0 Å². The van der Waals surface area contributed by atoms with Crippen LogP contribution in [-0.4, -0.2) is 21.8 Å². The topological polar surface area (TPSA) is 62.5 Å². The van der Waals surface area contributed by atoms with Crippen molar-refractivity contribution in [3.8, 4) is 0 Å². The summed E-state index contributed by atoms with van der Waals surface area (Å²) < 4.78 is 13.8. The normalized spacial score (nSPS) is 13.6. The molecule has 2 heterocycles. The SMILES string of the molecule is O=C(O)c1cc(C2=C(c3ccncc3)N=C(c3ccccc3)C2)ccc1F. The Morgan fingerprint density at radius 1 is 0.926 bits per heavy atom. The second-order valence-corrected chi connectivity index (χ2v) is 6.16. The van der Waals surface area contributed by atoms with Gasteiger partial charge in [-0.2, -0.15) is 0 Å². The van der Waals surface area contributed by atoms with Crippen LogP contribution >= 0.6 is 0 Å². The average molecular weight is 358 g/mol. The zero-order valence-electron chi connectivity index (χ0n) is 14.3. The van der Waals surface area contributed by atoms with E-state index in [1.165, 1.54) is 12.1 Å². The van der Waals surface area contributed by atoms with Crippen LogP contribution in [0.1, 0.15) is 33.5 Å². The van der Waals surface area contributed by atoms with E-state index in [0.717, 1.165) is 28.1 Å². The second kappa shape index (κ2) is 6.96. The first-order chi connectivity index (χ1) is 13.1. The van der Waals surface area contributed by atoms with Crippen LogP contribution in [0.5, 0.6) is 0 Å². The van der Waals surface area contributed by atoms with Gasteiger partial charge in [0.2, 0.25) is 0 Å². The minimum absolute atomic E-state index is 0.345. The Hall–Kier alpha value is -3.60. The minimum atomic E-state index is -1.29. The quantitative estimate of drug-likeness (QED) is 0.736. The molecule has 5 heteroatoms. The summed E-state index contributed by atoms with van der Waals surface area (Å²) >= 11 is 0. The molecule has 1 aliphatic heterocycles. The van der Waals surface area contributed by atoms with Gasteiger partial charge in [0.15, 0.2) is 0 Å². The number of aromatic nitrogens is 1. The van der Waals surface area contributed by atoms with Gasteiger partial charge in [0.25, 0.3) is 0 Å². The third-order valence-corrected chi connectivity index (χ3v) is 4.48. The molecule has 1 N–H and O–H groups in total. The predicted octanol–water partition coefficient (Wildman–Crippen LogP) is 4.68. The maximum Gasteiger partial charge on any atom is 0.338 e. The highest BCUT2D eigenvalue weighted by Crippen LogP contribution is 2.37. The lowest BCUT2D eigenvalue weighted by molar-refractivity contribution is 0.0692. The van der Waals surface area contributed by atoms with Gasteiger partial charge in [-0.05, 0) is 41.0 Å². The molecule has 2 aromatic carbocycles. The minimum Gasteiger partial charge on any atom is -0.478 e. The number of hydrogen-bond donors (Lipinski definition) is 1. The fourth-order valence-corrected chi connectivity index (χ4v) is 3.15. The number of carbonyl (C=O) groups is 1. The molecule has 3 aromatic rings. The number of hydrogen-bond acceptors (Lipinski definition) is 3. The molecule has 0 fully saturated rings. The molecule has 0 radical (unpaired) electrons. The second-order valence-electron chi connectivity index (χ2n) is 6.16. The fourth-order valence-electron chi connectivity index (χ4n) is 3.15. The molecular weight excluding hydrogens is 343 g/mol. The van der Waals surface area contributed by atoms with Crippen LogP contribution in [0.25, 0.3) is 11.3 Å². The third kappa shape index (κ3) is 3.27. The number of nitrogens with zero attached hydrogens (tertiary/aromatic N) is 2. The van der Waals surface area contributed by atoms with E-state index in [2.05, 4.69) is 4.98 Å². The average Bonchev–Trinajstić information content (AvgIpc) is 3.15. The number of benzene rings is 2. The van der Waals surface area contributed by atoms with E-state index in [9.17, 15) is 14.3 Å². The molecule has 0 atom stereocenters. The van der Waals surface area contributed by atoms with Crippen molar-refractivity contribution in [2.45, 2.75) is 6.42 Å². The van der Waals surface area contributed by atoms with E-state index in [1.54, 1.807) is 18.5 Å². The van der Waals surface area contributed by atoms with Crippen LogP contribution in [0.15, 0.2) is 78.0 Å². The highest BCUT2D eigenvalue weighted by Gasteiger charge is 2.23. The van der Waals surface area contributed by atoms with Crippen LogP contribution in [0.4, 0.5) is 4.39 Å². The first-order valence-electron chi connectivity index (χ1n) is 8.43. The number of aliphatic imine (C=N–C) groups is 1. The smallest absolute Gasteiger partial charge is 0.338 e. The summed E-state index contributed by atoms with van der Waals surface area (Å²) in [6.07, 6.45) is 3.90. The first-order valence-corrected chi connectivity index (χ1v) is 8.43. The standard InChI is InChI=1S/C22H15FN2O2/c23-19-7-6-16(12-18(19)22(26)27)17-13-20(14-4-2-1-3-5-14)25-21(17)15-8-10-24-11-9-15/h1-12H,13H2,(H,26,27). The summed E-state index contributed by atoms with van der Waals surface area (Å²) in [4.78, 5) is 20.2. The lowest BCUT2D eigenvalue weighted by Gasteiger charge is -2.08. The number of halogens is 1. The Balaban J connectivity index is 1.84. The summed E-state index contributed by atoms with van der Waals surface area (Å²) in [6, 6.07) is 17.7. The largest absolute Gasteiger partial charge is 0.478 e. The molecule has 132 valence electrons. The maximum atomic E-state index is 13.8. The highest BCUT2D eigenvalue weighted by atomic mass is 19.1. The molecule has 4 rings (SSSR count). The lowest BCUT2D eigenvalue weighted by atomic mass is 9.95. The van der Waals surface area contributed by atoms with Crippen molar-refractivity contribution in [2.75, 3.05) is 0 Å². The van der Waals surface area contributed by atoms with Crippen molar-refractivity contribution in [3.63, 3.8) is 0 Å². The van der Waals surface area contributed by atoms with Crippen LogP contribution in [0.3, 0.4) is 0 Å². The van der Waals surface area contributed by atoms with Gasteiger partial charge < -0.3 is 5.11 Å². The van der Waals surface area contributed by atoms with E-state index >= 15 is 0 Å². The zero-order chi connectivity index (χ0) is 18.8. The molecule has 0 bridgehead atoms. The maximum absolute atomic E-state index is 13.8. The van der Waals surface area contributed by atoms with Crippen LogP contribution < -0.4 is 0 Å². The van der Waals surface area contributed by atoms with Crippen molar-refractivity contribution >= 4 is 23.0 Å². The van der Waals surface area contributed by atoms with Crippen molar-refractivity contribution in [1.82, 2.24) is 4.98 Å². The van der Waals surface area contributed by atoms with Crippen LogP contribution in [0, 0.1) is 5.82 Å². The highest BCUT2D eigenvalue weighted by molar-refractivity contribution is 6.17. The molecule has 0 aliphatic carbocycles. The van der Waals surface area contributed by atoms with Crippen molar-refractivity contribution < 1.29 is 14.3 Å². The van der Waals surface area contributed by atoms with Crippen molar-refractivity contribution in [1.29, 1.82) is 0 Å². The third-order valence-electron chi connectivity index (χ3n) is 4.48. The molecule has 1 aliphatic rings. The van der Waals surface area contributed by atoms with E-state index in [0.29, 0.717) is 12.0 Å². The predicted molar refractivity (Wildman–Crippen MR) is 102 cm³/mol. The Bertz CT molecular complexity index is 1070. The first kappa shape index (κ1) is 16.8. The van der Waals surface area contributed by atoms with E-state index in [-0.39, 0.29) is 5.56 Å². The number of pyridine rings is 1. The Labute approximate surface area is 155 Å². The van der Waals surface area contributed by atoms with E-state index in [1.807, 2.05) is 42.5 Å². The van der Waals surface area contributed by atoms with E-state index < -0.39 is 11.8 Å². The molecule has 1 aromatic heterocycles. The van der Waals surface area contributed by atoms with Gasteiger partial charge in [-0.3, -0.25) is 9.98 Å². The molecule has 0 saturated heterocycles. The summed E-state index contributed by atoms with van der Waals surface area (Å²) in [7, 11) is 0. The van der Waals surface area contributed by atoms with Crippen LogP contribution in [-0.2, 0) is 0 Å². The number of carboxylic acids is 1. The number of rotatable bonds is 4. The molecule has 0 saturated carbocycles. The summed E-state index contributed by atoms with van der Waals surface area (Å²) in [5.41, 5.74) is 4.68. The Morgan fingerprint density at radius 2 is 1.67 bits per heavy atom. The fraction of sp³-hybridized carbons (Fsp3) is 0.0455. The number of allylic oxidation sites excluding steroid dienone is 1. The molecule has 0 spiro atoms. The monoisotopic (exact) mass is 358 g/mol. The van der Waals surface area contributed by atoms with Gasteiger partial charge in [0.1, 0.15) is 5.82 Å². The summed E-state index contributed by atoms with van der Waals surface area (Å²) in [5, 5.41) is 9.25. The van der Waals surface area contributed by atoms with E-state index in [4.69, 9.17) is 4.99 Å². The van der Waals surface area contributed by atoms with Gasteiger partial charge in [-0.25, -0.2) is 9.18 Å². The summed E-state index contributed by atoms with van der Waals surface area (Å²) in [5.74, 6) is -2.04. The van der Waals surface area contributed by atoms with Gasteiger partial charge in [-0.15, -0.1) is 0 Å².